The highest BCUT2D eigenvalue weighted by Crippen LogP contribution is 2.35. The number of urea groups is 1. The number of esters is 1. The maximum Gasteiger partial charge on any atom is 0.348 e. The van der Waals surface area contributed by atoms with Crippen LogP contribution < -0.4 is 10.7 Å². The summed E-state index contributed by atoms with van der Waals surface area (Å²) in [6.07, 6.45) is 2.67. The molecular weight excluding hydrogens is 437 g/mol. The van der Waals surface area contributed by atoms with Crippen molar-refractivity contribution in [1.82, 2.24) is 15.8 Å². The van der Waals surface area contributed by atoms with Gasteiger partial charge in [-0.1, -0.05) is 19.1 Å². The fourth-order valence-electron chi connectivity index (χ4n) is 3.89. The monoisotopic (exact) mass is 459 g/mol. The van der Waals surface area contributed by atoms with Gasteiger partial charge in [0.05, 0.1) is 0 Å². The molecule has 1 saturated carbocycles. The fourth-order valence-corrected chi connectivity index (χ4v) is 4.80. The minimum absolute atomic E-state index is 0.266. The number of carbonyl (C=O) groups is 4. The second-order valence-corrected chi connectivity index (χ2v) is 9.20. The van der Waals surface area contributed by atoms with Gasteiger partial charge < -0.3 is 10.1 Å². The average Bonchev–Trinajstić information content (AvgIpc) is 3.35. The lowest BCUT2D eigenvalue weighted by Gasteiger charge is -2.33. The molecule has 0 radical (unpaired) electrons. The van der Waals surface area contributed by atoms with Crippen molar-refractivity contribution in [2.75, 3.05) is 6.61 Å². The molecule has 2 aliphatic rings. The van der Waals surface area contributed by atoms with E-state index in [-0.39, 0.29) is 10.7 Å². The molecule has 0 unspecified atom stereocenters. The normalized spacial score (nSPS) is 22.7. The molecule has 0 atom stereocenters. The molecule has 0 bridgehead atoms. The maximum absolute atomic E-state index is 13.1. The predicted molar refractivity (Wildman–Crippen MR) is 114 cm³/mol. The molecule has 1 saturated heterocycles. The SMILES string of the molecule is CC1CCC2(CC1)NC(=O)N(NC(=O)COC(=O)c1ccc(-c3ccc(F)cc3)s1)C2=O. The number of ether oxygens (including phenoxy) is 1. The van der Waals surface area contributed by atoms with Crippen LogP contribution in [0.1, 0.15) is 42.3 Å². The molecule has 32 heavy (non-hydrogen) atoms. The topological polar surface area (TPSA) is 105 Å². The molecule has 2 fully saturated rings. The van der Waals surface area contributed by atoms with Crippen molar-refractivity contribution in [3.8, 4) is 10.4 Å². The number of carbonyl (C=O) groups excluding carboxylic acids is 4. The number of hydrogen-bond acceptors (Lipinski definition) is 6. The van der Waals surface area contributed by atoms with Gasteiger partial charge in [-0.25, -0.2) is 14.0 Å². The van der Waals surface area contributed by atoms with E-state index in [0.29, 0.717) is 23.8 Å². The number of halogens is 1. The summed E-state index contributed by atoms with van der Waals surface area (Å²) in [6, 6.07) is 8.41. The highest BCUT2D eigenvalue weighted by Gasteiger charge is 2.52. The number of hydrazine groups is 1. The van der Waals surface area contributed by atoms with Crippen LogP contribution in [0.3, 0.4) is 0 Å². The Balaban J connectivity index is 1.31. The van der Waals surface area contributed by atoms with Crippen LogP contribution in [0.15, 0.2) is 36.4 Å². The van der Waals surface area contributed by atoms with Gasteiger partial charge >= 0.3 is 12.0 Å². The van der Waals surface area contributed by atoms with Crippen molar-refractivity contribution in [3.63, 3.8) is 0 Å². The number of nitrogens with zero attached hydrogens (tertiary/aromatic N) is 1. The quantitative estimate of drug-likeness (QED) is 0.528. The van der Waals surface area contributed by atoms with Crippen molar-refractivity contribution in [2.24, 2.45) is 5.92 Å². The Hall–Kier alpha value is -3.27. The first-order valence-corrected chi connectivity index (χ1v) is 11.1. The van der Waals surface area contributed by atoms with E-state index >= 15 is 0 Å². The molecule has 1 aliphatic carbocycles. The Labute approximate surface area is 187 Å². The third-order valence-corrected chi connectivity index (χ3v) is 6.91. The van der Waals surface area contributed by atoms with Crippen LogP contribution in [-0.4, -0.2) is 41.0 Å². The van der Waals surface area contributed by atoms with Gasteiger partial charge in [0.15, 0.2) is 6.61 Å². The summed E-state index contributed by atoms with van der Waals surface area (Å²) in [5.41, 5.74) is 2.00. The van der Waals surface area contributed by atoms with Crippen LogP contribution >= 0.6 is 11.3 Å². The minimum Gasteiger partial charge on any atom is -0.451 e. The van der Waals surface area contributed by atoms with Crippen molar-refractivity contribution < 1.29 is 28.3 Å². The zero-order valence-electron chi connectivity index (χ0n) is 17.4. The smallest absolute Gasteiger partial charge is 0.348 e. The zero-order valence-corrected chi connectivity index (χ0v) is 18.2. The van der Waals surface area contributed by atoms with Crippen molar-refractivity contribution in [1.29, 1.82) is 0 Å². The van der Waals surface area contributed by atoms with Gasteiger partial charge in [-0.05, 0) is 61.4 Å². The molecule has 2 N–H and O–H groups in total. The number of rotatable bonds is 5. The van der Waals surface area contributed by atoms with Crippen LogP contribution in [0, 0.1) is 11.7 Å². The van der Waals surface area contributed by atoms with Gasteiger partial charge in [-0.15, -0.1) is 11.3 Å². The zero-order chi connectivity index (χ0) is 22.9. The van der Waals surface area contributed by atoms with E-state index in [4.69, 9.17) is 4.74 Å². The van der Waals surface area contributed by atoms with E-state index in [1.165, 1.54) is 12.1 Å². The molecule has 1 aromatic heterocycles. The molecule has 2 aromatic rings. The standard InChI is InChI=1S/C22H22FN3O5S/c1-13-8-10-22(11-9-13)20(29)26(21(30)24-22)25-18(27)12-31-19(28)17-7-6-16(32-17)14-2-4-15(23)5-3-14/h2-7,13H,8-12H2,1H3,(H,24,30)(H,25,27). The Morgan fingerprint density at radius 1 is 1.19 bits per heavy atom. The summed E-state index contributed by atoms with van der Waals surface area (Å²) < 4.78 is 18.1. The van der Waals surface area contributed by atoms with Gasteiger partial charge in [0.1, 0.15) is 16.2 Å². The molecule has 10 heteroatoms. The first-order chi connectivity index (χ1) is 15.3. The molecule has 2 heterocycles. The average molecular weight is 459 g/mol. The molecule has 4 rings (SSSR count). The Kier molecular flexibility index (Phi) is 5.96. The number of benzene rings is 1. The summed E-state index contributed by atoms with van der Waals surface area (Å²) in [6.45, 7) is 1.45. The van der Waals surface area contributed by atoms with Crippen molar-refractivity contribution in [3.05, 3.63) is 47.1 Å². The van der Waals surface area contributed by atoms with E-state index in [2.05, 4.69) is 17.7 Å². The molecular formula is C22H22FN3O5S. The van der Waals surface area contributed by atoms with Gasteiger partial charge in [-0.2, -0.15) is 5.01 Å². The van der Waals surface area contributed by atoms with Gasteiger partial charge in [0, 0.05) is 4.88 Å². The first kappa shape index (κ1) is 21.9. The summed E-state index contributed by atoms with van der Waals surface area (Å²) in [4.78, 5) is 50.5. The van der Waals surface area contributed by atoms with Crippen molar-refractivity contribution >= 4 is 35.2 Å². The van der Waals surface area contributed by atoms with E-state index in [9.17, 15) is 23.6 Å². The molecule has 1 spiro atoms. The molecule has 8 nitrogen and oxygen atoms in total. The van der Waals surface area contributed by atoms with E-state index < -0.39 is 36.0 Å². The summed E-state index contributed by atoms with van der Waals surface area (Å²) >= 11 is 1.14. The van der Waals surface area contributed by atoms with E-state index in [0.717, 1.165) is 34.6 Å². The van der Waals surface area contributed by atoms with Crippen LogP contribution in [-0.2, 0) is 14.3 Å². The summed E-state index contributed by atoms with van der Waals surface area (Å²) in [5.74, 6) is -1.87. The van der Waals surface area contributed by atoms with Crippen molar-refractivity contribution in [2.45, 2.75) is 38.1 Å². The summed E-state index contributed by atoms with van der Waals surface area (Å²) in [5, 5.41) is 3.37. The Morgan fingerprint density at radius 3 is 2.56 bits per heavy atom. The van der Waals surface area contributed by atoms with E-state index in [1.54, 1.807) is 24.3 Å². The van der Waals surface area contributed by atoms with Crippen LogP contribution in [0.4, 0.5) is 9.18 Å². The molecule has 168 valence electrons. The number of amides is 4. The highest BCUT2D eigenvalue weighted by atomic mass is 32.1. The lowest BCUT2D eigenvalue weighted by atomic mass is 9.77. The van der Waals surface area contributed by atoms with Crippen LogP contribution in [0.25, 0.3) is 10.4 Å². The Bertz CT molecular complexity index is 1060. The van der Waals surface area contributed by atoms with Gasteiger partial charge in [0.25, 0.3) is 11.8 Å². The molecule has 1 aromatic carbocycles. The molecule has 4 amide bonds. The number of hydrogen-bond donors (Lipinski definition) is 2. The predicted octanol–water partition coefficient (Wildman–Crippen LogP) is 3.24. The third kappa shape index (κ3) is 4.36. The Morgan fingerprint density at radius 2 is 1.88 bits per heavy atom. The first-order valence-electron chi connectivity index (χ1n) is 10.3. The van der Waals surface area contributed by atoms with Crippen LogP contribution in [0.2, 0.25) is 0 Å². The molecule has 1 aliphatic heterocycles. The number of imide groups is 1. The van der Waals surface area contributed by atoms with E-state index in [1.807, 2.05) is 0 Å². The minimum atomic E-state index is -0.971. The van der Waals surface area contributed by atoms with Gasteiger partial charge in [0.2, 0.25) is 0 Å². The van der Waals surface area contributed by atoms with Gasteiger partial charge in [-0.3, -0.25) is 15.0 Å². The maximum atomic E-state index is 13.1. The highest BCUT2D eigenvalue weighted by molar-refractivity contribution is 7.17. The largest absolute Gasteiger partial charge is 0.451 e. The second kappa shape index (κ2) is 8.70. The number of nitrogens with one attached hydrogen (secondary N) is 2. The lowest BCUT2D eigenvalue weighted by Crippen LogP contribution is -2.52. The summed E-state index contributed by atoms with van der Waals surface area (Å²) in [7, 11) is 0. The van der Waals surface area contributed by atoms with Crippen LogP contribution in [0.5, 0.6) is 0 Å². The second-order valence-electron chi connectivity index (χ2n) is 8.12. The third-order valence-electron chi connectivity index (χ3n) is 5.80. The fraction of sp³-hybridized carbons (Fsp3) is 0.364. The number of thiophene rings is 1. The lowest BCUT2D eigenvalue weighted by molar-refractivity contribution is -0.141.